The molecule has 0 aliphatic rings. The third-order valence-corrected chi connectivity index (χ3v) is 4.82. The number of aliphatic hydroxyl groups excluding tert-OH is 2. The molecule has 0 bridgehead atoms. The molecule has 0 spiro atoms. The number of aliphatic carboxylic acids is 1. The van der Waals surface area contributed by atoms with Gasteiger partial charge in [-0.3, -0.25) is 4.79 Å². The van der Waals surface area contributed by atoms with Crippen LogP contribution in [-0.2, 0) is 4.79 Å². The molecule has 0 amide bonds. The summed E-state index contributed by atoms with van der Waals surface area (Å²) in [4.78, 5) is 11.0. The summed E-state index contributed by atoms with van der Waals surface area (Å²) in [6, 6.07) is 0. The maximum absolute atomic E-state index is 11.0. The first-order valence-corrected chi connectivity index (χ1v) is 9.86. The Labute approximate surface area is 158 Å². The van der Waals surface area contributed by atoms with Crippen LogP contribution < -0.4 is 0 Å². The predicted molar refractivity (Wildman–Crippen MR) is 104 cm³/mol. The zero-order valence-electron chi connectivity index (χ0n) is 16.9. The van der Waals surface area contributed by atoms with E-state index in [1.54, 1.807) is 13.8 Å². The first kappa shape index (κ1) is 24.9. The van der Waals surface area contributed by atoms with Crippen LogP contribution in [0.5, 0.6) is 0 Å². The summed E-state index contributed by atoms with van der Waals surface area (Å²) in [5.74, 6) is 4.78. The molecule has 0 radical (unpaired) electrons. The molecule has 0 fully saturated rings. The third kappa shape index (κ3) is 10.2. The Bertz CT molecular complexity index is 459. The number of carbonyl (C=O) groups is 1. The standard InChI is InChI=1S/C21H38O5/c1-5-6-7-9-13-16-21(4,26)18(23)17(22)14-11-8-10-12-15-20(2,3)19(24)25/h17-18,22-23,26H,5-12,14-15H2,1-4H3,(H,24,25). The number of unbranched alkanes of at least 4 members (excludes halogenated alkanes) is 6. The highest BCUT2D eigenvalue weighted by molar-refractivity contribution is 5.73. The number of aliphatic hydroxyl groups is 3. The molecule has 3 unspecified atom stereocenters. The van der Waals surface area contributed by atoms with Gasteiger partial charge >= 0.3 is 5.97 Å². The maximum atomic E-state index is 11.0. The third-order valence-electron chi connectivity index (χ3n) is 4.82. The van der Waals surface area contributed by atoms with Gasteiger partial charge in [0.1, 0.15) is 6.10 Å². The van der Waals surface area contributed by atoms with Crippen molar-refractivity contribution in [3.05, 3.63) is 0 Å². The number of hydrogen-bond acceptors (Lipinski definition) is 4. The zero-order chi connectivity index (χ0) is 20.2. The fraction of sp³-hybridized carbons (Fsp3) is 0.857. The second kappa shape index (κ2) is 12.3. The molecule has 0 saturated heterocycles. The summed E-state index contributed by atoms with van der Waals surface area (Å²) in [7, 11) is 0. The molecule has 5 nitrogen and oxygen atoms in total. The smallest absolute Gasteiger partial charge is 0.309 e. The number of hydrogen-bond donors (Lipinski definition) is 4. The Morgan fingerprint density at radius 1 is 1.00 bits per heavy atom. The van der Waals surface area contributed by atoms with E-state index in [-0.39, 0.29) is 0 Å². The lowest BCUT2D eigenvalue weighted by Crippen LogP contribution is -2.45. The van der Waals surface area contributed by atoms with Crippen molar-refractivity contribution < 1.29 is 25.2 Å². The van der Waals surface area contributed by atoms with E-state index in [2.05, 4.69) is 18.8 Å². The predicted octanol–water partition coefficient (Wildman–Crippen LogP) is 3.49. The highest BCUT2D eigenvalue weighted by atomic mass is 16.4. The molecule has 0 rings (SSSR count). The molecular formula is C21H38O5. The average molecular weight is 371 g/mol. The highest BCUT2D eigenvalue weighted by Crippen LogP contribution is 2.24. The molecule has 5 heteroatoms. The Morgan fingerprint density at radius 2 is 1.62 bits per heavy atom. The van der Waals surface area contributed by atoms with Gasteiger partial charge < -0.3 is 20.4 Å². The summed E-state index contributed by atoms with van der Waals surface area (Å²) in [5.41, 5.74) is -2.32. The Balaban J connectivity index is 4.10. The number of carboxylic acids is 1. The molecular weight excluding hydrogens is 332 g/mol. The van der Waals surface area contributed by atoms with Gasteiger partial charge in [-0.2, -0.15) is 0 Å². The largest absolute Gasteiger partial charge is 0.481 e. The van der Waals surface area contributed by atoms with Crippen molar-refractivity contribution in [1.82, 2.24) is 0 Å². The minimum absolute atomic E-state index is 0.386. The highest BCUT2D eigenvalue weighted by Gasteiger charge is 2.33. The first-order valence-electron chi connectivity index (χ1n) is 9.86. The van der Waals surface area contributed by atoms with E-state index >= 15 is 0 Å². The second-order valence-electron chi connectivity index (χ2n) is 8.06. The van der Waals surface area contributed by atoms with Crippen molar-refractivity contribution in [2.24, 2.45) is 5.41 Å². The topological polar surface area (TPSA) is 98.0 Å². The summed E-state index contributed by atoms with van der Waals surface area (Å²) in [6.45, 7) is 6.99. The second-order valence-corrected chi connectivity index (χ2v) is 8.06. The number of carboxylic acid groups (broad SMARTS) is 1. The van der Waals surface area contributed by atoms with E-state index in [1.165, 1.54) is 6.92 Å². The Hall–Kier alpha value is -1.09. The lowest BCUT2D eigenvalue weighted by atomic mass is 9.87. The van der Waals surface area contributed by atoms with Gasteiger partial charge in [-0.15, -0.1) is 5.92 Å². The molecule has 0 aliphatic carbocycles. The SMILES string of the molecule is CCCCCC#CC(C)(O)C(O)C(O)CCCCCCC(C)(C)C(=O)O. The number of rotatable bonds is 13. The van der Waals surface area contributed by atoms with Crippen molar-refractivity contribution in [1.29, 1.82) is 0 Å². The van der Waals surface area contributed by atoms with Crippen molar-refractivity contribution in [3.63, 3.8) is 0 Å². The van der Waals surface area contributed by atoms with Gasteiger partial charge in [-0.1, -0.05) is 51.4 Å². The van der Waals surface area contributed by atoms with Crippen LogP contribution in [0.1, 0.15) is 91.9 Å². The fourth-order valence-corrected chi connectivity index (χ4v) is 2.69. The van der Waals surface area contributed by atoms with Crippen LogP contribution in [0.15, 0.2) is 0 Å². The van der Waals surface area contributed by atoms with Crippen LogP contribution in [0.4, 0.5) is 0 Å². The minimum atomic E-state index is -1.61. The Morgan fingerprint density at radius 3 is 2.19 bits per heavy atom. The van der Waals surface area contributed by atoms with Crippen molar-refractivity contribution >= 4 is 5.97 Å². The summed E-state index contributed by atoms with van der Waals surface area (Å²) >= 11 is 0. The van der Waals surface area contributed by atoms with Crippen LogP contribution in [0.3, 0.4) is 0 Å². The summed E-state index contributed by atoms with van der Waals surface area (Å²) < 4.78 is 0. The van der Waals surface area contributed by atoms with Gasteiger partial charge in [0.2, 0.25) is 0 Å². The molecule has 0 aliphatic heterocycles. The van der Waals surface area contributed by atoms with Crippen LogP contribution in [0.25, 0.3) is 0 Å². The average Bonchev–Trinajstić information content (AvgIpc) is 2.56. The van der Waals surface area contributed by atoms with Crippen LogP contribution in [0, 0.1) is 17.3 Å². The van der Waals surface area contributed by atoms with E-state index < -0.39 is 29.2 Å². The van der Waals surface area contributed by atoms with E-state index in [9.17, 15) is 20.1 Å². The van der Waals surface area contributed by atoms with E-state index in [4.69, 9.17) is 5.11 Å². The molecule has 152 valence electrons. The molecule has 0 saturated carbocycles. The van der Waals surface area contributed by atoms with Crippen molar-refractivity contribution in [2.75, 3.05) is 0 Å². The first-order chi connectivity index (χ1) is 12.0. The zero-order valence-corrected chi connectivity index (χ0v) is 16.9. The van der Waals surface area contributed by atoms with Gasteiger partial charge in [0, 0.05) is 6.42 Å². The van der Waals surface area contributed by atoms with E-state index in [0.717, 1.165) is 38.5 Å². The van der Waals surface area contributed by atoms with Gasteiger partial charge in [-0.05, 0) is 40.0 Å². The summed E-state index contributed by atoms with van der Waals surface area (Å²) in [5, 5.41) is 39.6. The van der Waals surface area contributed by atoms with Crippen molar-refractivity contribution in [3.8, 4) is 11.8 Å². The molecule has 0 aromatic rings. The molecule has 0 heterocycles. The molecule has 0 aromatic carbocycles. The van der Waals surface area contributed by atoms with Gasteiger partial charge in [-0.25, -0.2) is 0 Å². The van der Waals surface area contributed by atoms with Gasteiger partial charge in [0.15, 0.2) is 5.60 Å². The Kier molecular flexibility index (Phi) is 11.8. The van der Waals surface area contributed by atoms with Gasteiger partial charge in [0.25, 0.3) is 0 Å². The summed E-state index contributed by atoms with van der Waals surface area (Å²) in [6.07, 6.45) is 5.79. The molecule has 4 N–H and O–H groups in total. The van der Waals surface area contributed by atoms with Crippen molar-refractivity contribution in [2.45, 2.75) is 110 Å². The van der Waals surface area contributed by atoms with Crippen LogP contribution >= 0.6 is 0 Å². The monoisotopic (exact) mass is 370 g/mol. The minimum Gasteiger partial charge on any atom is -0.481 e. The normalized spacial score (nSPS) is 16.3. The lowest BCUT2D eigenvalue weighted by molar-refractivity contribution is -0.147. The molecule has 26 heavy (non-hydrogen) atoms. The quantitative estimate of drug-likeness (QED) is 0.294. The van der Waals surface area contributed by atoms with E-state index in [1.807, 2.05) is 0 Å². The lowest BCUT2D eigenvalue weighted by Gasteiger charge is -2.28. The van der Waals surface area contributed by atoms with E-state index in [0.29, 0.717) is 25.7 Å². The maximum Gasteiger partial charge on any atom is 0.309 e. The van der Waals surface area contributed by atoms with Crippen LogP contribution in [0.2, 0.25) is 0 Å². The fourth-order valence-electron chi connectivity index (χ4n) is 2.69. The van der Waals surface area contributed by atoms with Crippen LogP contribution in [-0.4, -0.2) is 44.2 Å². The van der Waals surface area contributed by atoms with Gasteiger partial charge in [0.05, 0.1) is 11.5 Å². The molecule has 0 aromatic heterocycles. The molecule has 3 atom stereocenters.